The molecule has 0 atom stereocenters. The van der Waals surface area contributed by atoms with Crippen LogP contribution >= 0.6 is 0 Å². The predicted octanol–water partition coefficient (Wildman–Crippen LogP) is 5.30. The average molecular weight is 422 g/mol. The van der Waals surface area contributed by atoms with Gasteiger partial charge in [0.15, 0.2) is 0 Å². The van der Waals surface area contributed by atoms with Crippen LogP contribution in [0, 0.1) is 0 Å². The molecular formula is C26H22N4O2. The van der Waals surface area contributed by atoms with Crippen molar-refractivity contribution in [2.45, 2.75) is 6.54 Å². The van der Waals surface area contributed by atoms with Crippen molar-refractivity contribution in [3.63, 3.8) is 0 Å². The molecule has 0 spiro atoms. The molecule has 3 N–H and O–H groups in total. The van der Waals surface area contributed by atoms with Crippen LogP contribution in [0.15, 0.2) is 85.2 Å². The number of benzene rings is 3. The first-order valence-electron chi connectivity index (χ1n) is 10.4. The lowest BCUT2D eigenvalue weighted by Crippen LogP contribution is -2.06. The van der Waals surface area contributed by atoms with E-state index in [0.29, 0.717) is 29.4 Å². The maximum Gasteiger partial charge on any atom is 0.210 e. The molecule has 2 aromatic heterocycles. The molecule has 0 amide bonds. The van der Waals surface area contributed by atoms with Gasteiger partial charge >= 0.3 is 0 Å². The first-order valence-corrected chi connectivity index (χ1v) is 10.4. The predicted molar refractivity (Wildman–Crippen MR) is 125 cm³/mol. The minimum atomic E-state index is -0.0896. The summed E-state index contributed by atoms with van der Waals surface area (Å²) in [6, 6.07) is 22.9. The van der Waals surface area contributed by atoms with E-state index in [2.05, 4.69) is 26.3 Å². The SMILES string of the molecule is CNCc1c(Oc2cccc(-c3ncc(C(=O)c4ccccc4)[nH]3)c2)ccc2[nH]ccc12. The summed E-state index contributed by atoms with van der Waals surface area (Å²) >= 11 is 0. The third kappa shape index (κ3) is 3.79. The highest BCUT2D eigenvalue weighted by molar-refractivity contribution is 6.07. The Morgan fingerprint density at radius 1 is 1.03 bits per heavy atom. The number of fused-ring (bicyclic) bond motifs is 1. The molecule has 0 saturated heterocycles. The van der Waals surface area contributed by atoms with Crippen LogP contribution in [0.3, 0.4) is 0 Å². The third-order valence-corrected chi connectivity index (χ3v) is 5.35. The van der Waals surface area contributed by atoms with Gasteiger partial charge < -0.3 is 20.0 Å². The standard InChI is InChI=1S/C26H22N4O2/c1-27-15-21-20-12-13-28-22(20)10-11-24(21)32-19-9-5-8-18(14-19)26-29-16-23(30-26)25(31)17-6-3-2-4-7-17/h2-14,16,27-28H,15H2,1H3,(H,29,30). The second kappa shape index (κ2) is 8.53. The van der Waals surface area contributed by atoms with Crippen molar-refractivity contribution < 1.29 is 9.53 Å². The maximum atomic E-state index is 12.7. The number of carbonyl (C=O) groups excluding carboxylic acids is 1. The smallest absolute Gasteiger partial charge is 0.210 e. The van der Waals surface area contributed by atoms with Gasteiger partial charge in [-0.2, -0.15) is 0 Å². The van der Waals surface area contributed by atoms with E-state index < -0.39 is 0 Å². The van der Waals surface area contributed by atoms with Crippen LogP contribution in [0.25, 0.3) is 22.3 Å². The van der Waals surface area contributed by atoms with E-state index in [1.54, 1.807) is 18.3 Å². The number of nitrogens with zero attached hydrogens (tertiary/aromatic N) is 1. The van der Waals surface area contributed by atoms with E-state index >= 15 is 0 Å². The normalized spacial score (nSPS) is 11.0. The van der Waals surface area contributed by atoms with Gasteiger partial charge in [0, 0.05) is 40.3 Å². The van der Waals surface area contributed by atoms with Gasteiger partial charge in [0.2, 0.25) is 5.78 Å². The number of rotatable bonds is 7. The molecule has 32 heavy (non-hydrogen) atoms. The molecule has 0 aliphatic carbocycles. The number of nitrogens with one attached hydrogen (secondary N) is 3. The molecule has 3 aromatic carbocycles. The Morgan fingerprint density at radius 3 is 2.75 bits per heavy atom. The highest BCUT2D eigenvalue weighted by Crippen LogP contribution is 2.32. The first kappa shape index (κ1) is 19.8. The molecule has 0 bridgehead atoms. The number of hydrogen-bond donors (Lipinski definition) is 3. The maximum absolute atomic E-state index is 12.7. The quantitative estimate of drug-likeness (QED) is 0.311. The highest BCUT2D eigenvalue weighted by Gasteiger charge is 2.14. The Balaban J connectivity index is 1.43. The molecule has 0 saturated carbocycles. The van der Waals surface area contributed by atoms with Crippen molar-refractivity contribution in [2.24, 2.45) is 0 Å². The molecule has 0 aliphatic heterocycles. The molecule has 2 heterocycles. The summed E-state index contributed by atoms with van der Waals surface area (Å²) in [5, 5.41) is 4.34. The summed E-state index contributed by atoms with van der Waals surface area (Å²) in [5.74, 6) is 2.02. The number of ether oxygens (including phenoxy) is 1. The number of hydrogen-bond acceptors (Lipinski definition) is 4. The van der Waals surface area contributed by atoms with Gasteiger partial charge in [0.25, 0.3) is 0 Å². The van der Waals surface area contributed by atoms with Crippen molar-refractivity contribution in [2.75, 3.05) is 7.05 Å². The van der Waals surface area contributed by atoms with Gasteiger partial charge in [0.1, 0.15) is 23.0 Å². The second-order valence-electron chi connectivity index (χ2n) is 7.48. The van der Waals surface area contributed by atoms with E-state index in [-0.39, 0.29) is 5.78 Å². The van der Waals surface area contributed by atoms with Crippen molar-refractivity contribution in [1.29, 1.82) is 0 Å². The van der Waals surface area contributed by atoms with Gasteiger partial charge in [0.05, 0.1) is 6.20 Å². The third-order valence-electron chi connectivity index (χ3n) is 5.35. The summed E-state index contributed by atoms with van der Waals surface area (Å²) < 4.78 is 6.26. The molecule has 0 unspecified atom stereocenters. The molecule has 0 aliphatic rings. The van der Waals surface area contributed by atoms with E-state index in [4.69, 9.17) is 4.74 Å². The Kier molecular flexibility index (Phi) is 5.27. The van der Waals surface area contributed by atoms with Gasteiger partial charge in [-0.05, 0) is 37.4 Å². The molecule has 0 radical (unpaired) electrons. The van der Waals surface area contributed by atoms with E-state index in [9.17, 15) is 4.79 Å². The number of ketones is 1. The van der Waals surface area contributed by atoms with Crippen molar-refractivity contribution >= 4 is 16.7 Å². The zero-order valence-corrected chi connectivity index (χ0v) is 17.6. The van der Waals surface area contributed by atoms with E-state index in [1.807, 2.05) is 67.8 Å². The molecule has 0 fully saturated rings. The fraction of sp³-hybridized carbons (Fsp3) is 0.0769. The summed E-state index contributed by atoms with van der Waals surface area (Å²) in [6.07, 6.45) is 3.50. The first-order chi connectivity index (χ1) is 15.7. The second-order valence-corrected chi connectivity index (χ2v) is 7.48. The van der Waals surface area contributed by atoms with Gasteiger partial charge in [-0.15, -0.1) is 0 Å². The lowest BCUT2D eigenvalue weighted by atomic mass is 10.1. The van der Waals surface area contributed by atoms with Crippen molar-refractivity contribution in [1.82, 2.24) is 20.3 Å². The summed E-state index contributed by atoms with van der Waals surface area (Å²) in [7, 11) is 1.92. The Bertz CT molecular complexity index is 1390. The number of aromatic nitrogens is 3. The van der Waals surface area contributed by atoms with Crippen LogP contribution in [0.2, 0.25) is 0 Å². The number of imidazole rings is 1. The Morgan fingerprint density at radius 2 is 1.91 bits per heavy atom. The van der Waals surface area contributed by atoms with Crippen LogP contribution < -0.4 is 10.1 Å². The summed E-state index contributed by atoms with van der Waals surface area (Å²) in [4.78, 5) is 23.5. The van der Waals surface area contributed by atoms with Crippen LogP contribution in [-0.2, 0) is 6.54 Å². The largest absolute Gasteiger partial charge is 0.457 e. The van der Waals surface area contributed by atoms with Crippen LogP contribution in [0.1, 0.15) is 21.6 Å². The van der Waals surface area contributed by atoms with Gasteiger partial charge in [-0.25, -0.2) is 4.98 Å². The number of H-pyrrole nitrogens is 2. The molecule has 5 aromatic rings. The Hall–Kier alpha value is -4.16. The monoisotopic (exact) mass is 422 g/mol. The fourth-order valence-electron chi connectivity index (χ4n) is 3.79. The molecular weight excluding hydrogens is 400 g/mol. The highest BCUT2D eigenvalue weighted by atomic mass is 16.5. The lowest BCUT2D eigenvalue weighted by Gasteiger charge is -2.13. The molecule has 6 nitrogen and oxygen atoms in total. The van der Waals surface area contributed by atoms with Gasteiger partial charge in [-0.1, -0.05) is 42.5 Å². The summed E-state index contributed by atoms with van der Waals surface area (Å²) in [6.45, 7) is 0.688. The van der Waals surface area contributed by atoms with Crippen LogP contribution in [0.4, 0.5) is 0 Å². The van der Waals surface area contributed by atoms with Crippen molar-refractivity contribution in [3.05, 3.63) is 102 Å². The van der Waals surface area contributed by atoms with Crippen molar-refractivity contribution in [3.8, 4) is 22.9 Å². The minimum absolute atomic E-state index is 0.0896. The van der Waals surface area contributed by atoms with Gasteiger partial charge in [-0.3, -0.25) is 4.79 Å². The molecule has 6 heteroatoms. The summed E-state index contributed by atoms with van der Waals surface area (Å²) in [5.41, 5.74) is 4.07. The van der Waals surface area contributed by atoms with Crippen LogP contribution in [0.5, 0.6) is 11.5 Å². The molecule has 5 rings (SSSR count). The topological polar surface area (TPSA) is 82.8 Å². The average Bonchev–Trinajstić information content (AvgIpc) is 3.51. The molecule has 158 valence electrons. The lowest BCUT2D eigenvalue weighted by molar-refractivity contribution is 0.103. The zero-order valence-electron chi connectivity index (χ0n) is 17.6. The van der Waals surface area contributed by atoms with E-state index in [1.165, 1.54) is 0 Å². The number of carbonyl (C=O) groups is 1. The zero-order chi connectivity index (χ0) is 21.9. The van der Waals surface area contributed by atoms with Crippen LogP contribution in [-0.4, -0.2) is 27.8 Å². The minimum Gasteiger partial charge on any atom is -0.457 e. The Labute approximate surface area is 185 Å². The fourth-order valence-corrected chi connectivity index (χ4v) is 3.79. The number of aromatic amines is 2. The van der Waals surface area contributed by atoms with E-state index in [0.717, 1.165) is 27.8 Å².